The van der Waals surface area contributed by atoms with E-state index in [0.717, 1.165) is 0 Å². The van der Waals surface area contributed by atoms with Crippen molar-refractivity contribution in [1.82, 2.24) is 0 Å². The first kappa shape index (κ1) is 20.3. The summed E-state index contributed by atoms with van der Waals surface area (Å²) in [6.45, 7) is 2.34. The molecule has 1 N–H and O–H groups in total. The smallest absolute Gasteiger partial charge is 0.300 e. The third-order valence-electron chi connectivity index (χ3n) is 5.12. The number of halogens is 1. The number of carbonyl (C=O) groups is 2. The minimum absolute atomic E-state index is 0.119. The molecule has 3 aromatic rings. The molecule has 156 valence electrons. The van der Waals surface area contributed by atoms with Crippen molar-refractivity contribution in [3.05, 3.63) is 101 Å². The maximum absolute atomic E-state index is 14.8. The van der Waals surface area contributed by atoms with Gasteiger partial charge in [0.05, 0.1) is 18.2 Å². The number of nitrogens with zero attached hydrogens (tertiary/aromatic N) is 1. The van der Waals surface area contributed by atoms with Crippen molar-refractivity contribution >= 4 is 23.1 Å². The van der Waals surface area contributed by atoms with Crippen molar-refractivity contribution in [3.8, 4) is 5.75 Å². The maximum Gasteiger partial charge on any atom is 0.300 e. The van der Waals surface area contributed by atoms with E-state index in [1.807, 2.05) is 6.92 Å². The fourth-order valence-corrected chi connectivity index (χ4v) is 3.71. The highest BCUT2D eigenvalue weighted by atomic mass is 19.1. The van der Waals surface area contributed by atoms with Crippen molar-refractivity contribution in [1.29, 1.82) is 0 Å². The van der Waals surface area contributed by atoms with E-state index in [2.05, 4.69) is 0 Å². The summed E-state index contributed by atoms with van der Waals surface area (Å²) < 4.78 is 20.3. The van der Waals surface area contributed by atoms with Crippen LogP contribution in [0.25, 0.3) is 5.76 Å². The fourth-order valence-electron chi connectivity index (χ4n) is 3.71. The first-order valence-electron chi connectivity index (χ1n) is 9.86. The second kappa shape index (κ2) is 8.44. The number of aliphatic hydroxyl groups is 1. The monoisotopic (exact) mass is 417 g/mol. The molecule has 1 heterocycles. The lowest BCUT2D eigenvalue weighted by Gasteiger charge is -2.26. The zero-order valence-corrected chi connectivity index (χ0v) is 16.8. The molecule has 1 unspecified atom stereocenters. The summed E-state index contributed by atoms with van der Waals surface area (Å²) in [5.74, 6) is -2.03. The standard InChI is InChI=1S/C25H20FNO4/c1-2-31-18-14-12-17(13-15-18)27-22(19-10-6-7-11-20(19)26)21(24(29)25(27)30)23(28)16-8-4-3-5-9-16/h3-15,22,28H,2H2,1H3/b23-21-. The number of amides is 1. The molecular formula is C25H20FNO4. The van der Waals surface area contributed by atoms with Crippen molar-refractivity contribution < 1.29 is 23.8 Å². The Kier molecular flexibility index (Phi) is 5.54. The number of hydrogen-bond acceptors (Lipinski definition) is 4. The third kappa shape index (κ3) is 3.68. The van der Waals surface area contributed by atoms with Gasteiger partial charge < -0.3 is 9.84 Å². The van der Waals surface area contributed by atoms with E-state index < -0.39 is 23.5 Å². The van der Waals surface area contributed by atoms with Gasteiger partial charge in [-0.25, -0.2) is 4.39 Å². The Morgan fingerprint density at radius 3 is 2.26 bits per heavy atom. The van der Waals surface area contributed by atoms with Crippen molar-refractivity contribution in [3.63, 3.8) is 0 Å². The van der Waals surface area contributed by atoms with Crippen LogP contribution in [0.15, 0.2) is 84.4 Å². The summed E-state index contributed by atoms with van der Waals surface area (Å²) in [5, 5.41) is 10.9. The molecule has 0 saturated carbocycles. The van der Waals surface area contributed by atoms with Crippen LogP contribution < -0.4 is 9.64 Å². The van der Waals surface area contributed by atoms with Crippen LogP contribution in [-0.4, -0.2) is 23.4 Å². The van der Waals surface area contributed by atoms with Gasteiger partial charge in [-0.3, -0.25) is 14.5 Å². The van der Waals surface area contributed by atoms with Gasteiger partial charge in [0.2, 0.25) is 0 Å². The Bertz CT molecular complexity index is 1160. The highest BCUT2D eigenvalue weighted by Crippen LogP contribution is 2.43. The average molecular weight is 417 g/mol. The van der Waals surface area contributed by atoms with Crippen LogP contribution in [0, 0.1) is 5.82 Å². The summed E-state index contributed by atoms with van der Waals surface area (Å²) in [7, 11) is 0. The molecule has 31 heavy (non-hydrogen) atoms. The van der Waals surface area contributed by atoms with E-state index in [1.165, 1.54) is 23.1 Å². The van der Waals surface area contributed by atoms with E-state index in [0.29, 0.717) is 23.6 Å². The van der Waals surface area contributed by atoms with Crippen molar-refractivity contribution in [2.24, 2.45) is 0 Å². The largest absolute Gasteiger partial charge is 0.507 e. The van der Waals surface area contributed by atoms with Crippen LogP contribution in [-0.2, 0) is 9.59 Å². The van der Waals surface area contributed by atoms with Gasteiger partial charge in [-0.15, -0.1) is 0 Å². The van der Waals surface area contributed by atoms with E-state index in [-0.39, 0.29) is 16.9 Å². The Morgan fingerprint density at radius 1 is 0.968 bits per heavy atom. The van der Waals surface area contributed by atoms with Gasteiger partial charge in [0.15, 0.2) is 0 Å². The van der Waals surface area contributed by atoms with Gasteiger partial charge in [-0.1, -0.05) is 48.5 Å². The highest BCUT2D eigenvalue weighted by molar-refractivity contribution is 6.51. The average Bonchev–Trinajstić information content (AvgIpc) is 3.05. The van der Waals surface area contributed by atoms with E-state index >= 15 is 0 Å². The normalized spacial score (nSPS) is 17.7. The lowest BCUT2D eigenvalue weighted by molar-refractivity contribution is -0.132. The Balaban J connectivity index is 1.91. The van der Waals surface area contributed by atoms with E-state index in [1.54, 1.807) is 60.7 Å². The summed E-state index contributed by atoms with van der Waals surface area (Å²) in [6.07, 6.45) is 0. The highest BCUT2D eigenvalue weighted by Gasteiger charge is 2.47. The lowest BCUT2D eigenvalue weighted by atomic mass is 9.94. The Hall–Kier alpha value is -3.93. The number of hydrogen-bond donors (Lipinski definition) is 1. The van der Waals surface area contributed by atoms with Crippen molar-refractivity contribution in [2.75, 3.05) is 11.5 Å². The molecule has 5 nitrogen and oxygen atoms in total. The molecule has 4 rings (SSSR count). The molecule has 0 bridgehead atoms. The molecular weight excluding hydrogens is 397 g/mol. The molecule has 1 fully saturated rings. The molecule has 3 aromatic carbocycles. The topological polar surface area (TPSA) is 66.8 Å². The quantitative estimate of drug-likeness (QED) is 0.366. The van der Waals surface area contributed by atoms with Gasteiger partial charge in [-0.05, 0) is 37.3 Å². The summed E-state index contributed by atoms with van der Waals surface area (Å²) in [5.41, 5.74) is 0.725. The minimum Gasteiger partial charge on any atom is -0.507 e. The lowest BCUT2D eigenvalue weighted by Crippen LogP contribution is -2.29. The predicted octanol–water partition coefficient (Wildman–Crippen LogP) is 4.85. The number of anilines is 1. The molecule has 0 radical (unpaired) electrons. The summed E-state index contributed by atoms with van der Waals surface area (Å²) >= 11 is 0. The molecule has 0 aromatic heterocycles. The molecule has 6 heteroatoms. The second-order valence-electron chi connectivity index (χ2n) is 6.98. The SMILES string of the molecule is CCOc1ccc(N2C(=O)C(=O)/C(=C(\O)c3ccccc3)C2c2ccccc2F)cc1. The molecule has 1 aliphatic heterocycles. The van der Waals surface area contributed by atoms with Crippen LogP contribution in [0.5, 0.6) is 5.75 Å². The van der Waals surface area contributed by atoms with Crippen LogP contribution >= 0.6 is 0 Å². The number of Topliss-reactive ketones (excluding diaryl/α,β-unsaturated/α-hetero) is 1. The number of ether oxygens (including phenoxy) is 1. The van der Waals surface area contributed by atoms with Crippen LogP contribution in [0.2, 0.25) is 0 Å². The summed E-state index contributed by atoms with van der Waals surface area (Å²) in [6, 6.07) is 19.8. The number of rotatable bonds is 5. The van der Waals surface area contributed by atoms with E-state index in [9.17, 15) is 19.1 Å². The maximum atomic E-state index is 14.8. The van der Waals surface area contributed by atoms with Gasteiger partial charge in [0, 0.05) is 16.8 Å². The van der Waals surface area contributed by atoms with Gasteiger partial charge >= 0.3 is 0 Å². The minimum atomic E-state index is -1.11. The van der Waals surface area contributed by atoms with E-state index in [4.69, 9.17) is 4.74 Å². The van der Waals surface area contributed by atoms with Gasteiger partial charge in [0.1, 0.15) is 17.3 Å². The molecule has 0 spiro atoms. The van der Waals surface area contributed by atoms with Gasteiger partial charge in [0.25, 0.3) is 11.7 Å². The zero-order chi connectivity index (χ0) is 22.0. The molecule has 1 atom stereocenters. The van der Waals surface area contributed by atoms with Crippen molar-refractivity contribution in [2.45, 2.75) is 13.0 Å². The fraction of sp³-hybridized carbons (Fsp3) is 0.120. The van der Waals surface area contributed by atoms with Crippen LogP contribution in [0.4, 0.5) is 10.1 Å². The first-order chi connectivity index (χ1) is 15.0. The number of carbonyl (C=O) groups excluding carboxylic acids is 2. The van der Waals surface area contributed by atoms with Gasteiger partial charge in [-0.2, -0.15) is 0 Å². The Labute approximate surface area is 179 Å². The molecule has 1 aliphatic rings. The first-order valence-corrected chi connectivity index (χ1v) is 9.86. The second-order valence-corrected chi connectivity index (χ2v) is 6.98. The number of benzene rings is 3. The Morgan fingerprint density at radius 2 is 1.61 bits per heavy atom. The molecule has 1 saturated heterocycles. The molecule has 1 amide bonds. The number of ketones is 1. The third-order valence-corrected chi connectivity index (χ3v) is 5.12. The number of aliphatic hydroxyl groups excluding tert-OH is 1. The molecule has 0 aliphatic carbocycles. The van der Waals surface area contributed by atoms with Crippen LogP contribution in [0.3, 0.4) is 0 Å². The van der Waals surface area contributed by atoms with Crippen LogP contribution in [0.1, 0.15) is 24.1 Å². The zero-order valence-electron chi connectivity index (χ0n) is 16.8. The predicted molar refractivity (Wildman–Crippen MR) is 115 cm³/mol. The summed E-state index contributed by atoms with van der Waals surface area (Å²) in [4.78, 5) is 27.3.